The highest BCUT2D eigenvalue weighted by Gasteiger charge is 2.13. The zero-order valence-corrected chi connectivity index (χ0v) is 16.7. The van der Waals surface area contributed by atoms with E-state index in [9.17, 15) is 0 Å². The van der Waals surface area contributed by atoms with Crippen LogP contribution in [0.4, 0.5) is 0 Å². The molecule has 4 aromatic carbocycles. The summed E-state index contributed by atoms with van der Waals surface area (Å²) in [7, 11) is 0. The van der Waals surface area contributed by atoms with Crippen LogP contribution in [0.3, 0.4) is 0 Å². The maximum Gasteiger partial charge on any atom is 0.161 e. The molecule has 4 heteroatoms. The van der Waals surface area contributed by atoms with Crippen LogP contribution in [-0.2, 0) is 0 Å². The highest BCUT2D eigenvalue weighted by Crippen LogP contribution is 2.33. The topological polar surface area (TPSA) is 30.7 Å². The van der Waals surface area contributed by atoms with E-state index in [2.05, 4.69) is 70.2 Å². The summed E-state index contributed by atoms with van der Waals surface area (Å²) in [5.74, 6) is 0.632. The van der Waals surface area contributed by atoms with Gasteiger partial charge in [-0.1, -0.05) is 78.3 Å². The molecule has 0 unspecified atom stereocenters. The molecule has 142 valence electrons. The molecule has 0 saturated carbocycles. The Morgan fingerprint density at radius 1 is 0.600 bits per heavy atom. The van der Waals surface area contributed by atoms with Crippen LogP contribution in [0.15, 0.2) is 97.1 Å². The van der Waals surface area contributed by atoms with E-state index in [0.717, 1.165) is 22.2 Å². The van der Waals surface area contributed by atoms with Crippen molar-refractivity contribution in [2.45, 2.75) is 0 Å². The molecule has 0 bridgehead atoms. The Morgan fingerprint density at radius 3 is 1.93 bits per heavy atom. The fourth-order valence-corrected chi connectivity index (χ4v) is 4.38. The highest BCUT2D eigenvalue weighted by molar-refractivity contribution is 6.34. The summed E-state index contributed by atoms with van der Waals surface area (Å²) in [5, 5.41) is 3.78. The second-order valence-electron chi connectivity index (χ2n) is 7.28. The fourth-order valence-electron chi connectivity index (χ4n) is 4.14. The molecule has 0 aliphatic carbocycles. The van der Waals surface area contributed by atoms with Gasteiger partial charge in [0.1, 0.15) is 5.15 Å². The minimum absolute atomic E-state index is 0.465. The Morgan fingerprint density at radius 2 is 1.23 bits per heavy atom. The number of rotatable bonds is 2. The molecule has 0 amide bonds. The number of para-hydroxylation sites is 2. The summed E-state index contributed by atoms with van der Waals surface area (Å²) in [6.45, 7) is 0. The molecule has 2 aromatic heterocycles. The standard InChI is InChI=1S/C26H16ClN3/c27-25-21-15-14-18(16-22(21)28-26(29-25)17-8-2-1-3-9-17)30-23-12-6-4-10-19(23)20-11-5-7-13-24(20)30/h1-16H. The van der Waals surface area contributed by atoms with Crippen LogP contribution in [0, 0.1) is 0 Å². The lowest BCUT2D eigenvalue weighted by Gasteiger charge is -2.10. The summed E-state index contributed by atoms with van der Waals surface area (Å²) >= 11 is 6.52. The predicted molar refractivity (Wildman–Crippen MR) is 124 cm³/mol. The van der Waals surface area contributed by atoms with E-state index in [1.165, 1.54) is 21.8 Å². The van der Waals surface area contributed by atoms with Crippen LogP contribution in [-0.4, -0.2) is 14.5 Å². The van der Waals surface area contributed by atoms with Crippen LogP contribution in [0.1, 0.15) is 0 Å². The van der Waals surface area contributed by atoms with Gasteiger partial charge in [0.2, 0.25) is 0 Å². The molecule has 0 aliphatic heterocycles. The van der Waals surface area contributed by atoms with Gasteiger partial charge in [0.15, 0.2) is 5.82 Å². The second kappa shape index (κ2) is 6.68. The lowest BCUT2D eigenvalue weighted by Crippen LogP contribution is -1.96. The van der Waals surface area contributed by atoms with E-state index in [-0.39, 0.29) is 0 Å². The van der Waals surface area contributed by atoms with Crippen LogP contribution >= 0.6 is 11.6 Å². The molecule has 0 N–H and O–H groups in total. The third kappa shape index (κ3) is 2.60. The first-order valence-electron chi connectivity index (χ1n) is 9.81. The van der Waals surface area contributed by atoms with Gasteiger partial charge in [0.05, 0.1) is 16.6 Å². The SMILES string of the molecule is Clc1nc(-c2ccccc2)nc2cc(-n3c4ccccc4c4ccccc43)ccc12. The number of benzene rings is 4. The van der Waals surface area contributed by atoms with E-state index >= 15 is 0 Å². The van der Waals surface area contributed by atoms with Gasteiger partial charge in [-0.3, -0.25) is 0 Å². The average molecular weight is 406 g/mol. The van der Waals surface area contributed by atoms with Crippen molar-refractivity contribution in [2.75, 3.05) is 0 Å². The van der Waals surface area contributed by atoms with E-state index in [1.807, 2.05) is 36.4 Å². The summed E-state index contributed by atoms with van der Waals surface area (Å²) in [4.78, 5) is 9.34. The number of aromatic nitrogens is 3. The molecule has 0 aliphatic rings. The third-order valence-electron chi connectivity index (χ3n) is 5.50. The van der Waals surface area contributed by atoms with Gasteiger partial charge in [-0.25, -0.2) is 9.97 Å². The van der Waals surface area contributed by atoms with E-state index < -0.39 is 0 Å². The normalized spacial score (nSPS) is 11.5. The fraction of sp³-hybridized carbons (Fsp3) is 0. The molecule has 0 saturated heterocycles. The summed E-state index contributed by atoms with van der Waals surface area (Å²) in [6, 6.07) is 33.1. The van der Waals surface area contributed by atoms with Crippen LogP contribution < -0.4 is 0 Å². The molecule has 3 nitrogen and oxygen atoms in total. The largest absolute Gasteiger partial charge is 0.309 e. The van der Waals surface area contributed by atoms with Crippen LogP contribution in [0.5, 0.6) is 0 Å². The Hall–Kier alpha value is -3.69. The van der Waals surface area contributed by atoms with Crippen molar-refractivity contribution in [1.82, 2.24) is 14.5 Å². The molecule has 0 fully saturated rings. The summed E-state index contributed by atoms with van der Waals surface area (Å²) in [6.07, 6.45) is 0. The molecular formula is C26H16ClN3. The maximum atomic E-state index is 6.52. The average Bonchev–Trinajstić information content (AvgIpc) is 3.14. The van der Waals surface area contributed by atoms with Crippen molar-refractivity contribution in [3.05, 3.63) is 102 Å². The quantitative estimate of drug-likeness (QED) is 0.289. The van der Waals surface area contributed by atoms with Crippen molar-refractivity contribution in [3.63, 3.8) is 0 Å². The van der Waals surface area contributed by atoms with Gasteiger partial charge >= 0.3 is 0 Å². The molecule has 0 atom stereocenters. The second-order valence-corrected chi connectivity index (χ2v) is 7.63. The van der Waals surface area contributed by atoms with E-state index in [0.29, 0.717) is 11.0 Å². The lowest BCUT2D eigenvalue weighted by molar-refractivity contribution is 1.17. The van der Waals surface area contributed by atoms with Crippen LogP contribution in [0.2, 0.25) is 5.15 Å². The van der Waals surface area contributed by atoms with Gasteiger partial charge in [-0.2, -0.15) is 0 Å². The smallest absolute Gasteiger partial charge is 0.161 e. The van der Waals surface area contributed by atoms with Gasteiger partial charge < -0.3 is 4.57 Å². The van der Waals surface area contributed by atoms with Crippen LogP contribution in [0.25, 0.3) is 49.8 Å². The number of hydrogen-bond donors (Lipinski definition) is 0. The number of hydrogen-bond acceptors (Lipinski definition) is 2. The third-order valence-corrected chi connectivity index (χ3v) is 5.79. The number of halogens is 1. The maximum absolute atomic E-state index is 6.52. The Kier molecular flexibility index (Phi) is 3.83. The van der Waals surface area contributed by atoms with Gasteiger partial charge in [-0.05, 0) is 30.3 Å². The zero-order valence-electron chi connectivity index (χ0n) is 16.0. The number of nitrogens with zero attached hydrogens (tertiary/aromatic N) is 3. The molecule has 6 rings (SSSR count). The minimum Gasteiger partial charge on any atom is -0.309 e. The monoisotopic (exact) mass is 405 g/mol. The van der Waals surface area contributed by atoms with Crippen molar-refractivity contribution in [2.24, 2.45) is 0 Å². The first kappa shape index (κ1) is 17.2. The van der Waals surface area contributed by atoms with Crippen molar-refractivity contribution in [3.8, 4) is 17.1 Å². The molecule has 2 heterocycles. The molecule has 0 radical (unpaired) electrons. The Labute approximate surface area is 178 Å². The van der Waals surface area contributed by atoms with Gasteiger partial charge in [0, 0.05) is 27.4 Å². The zero-order chi connectivity index (χ0) is 20.1. The Balaban J connectivity index is 1.64. The first-order valence-corrected chi connectivity index (χ1v) is 10.2. The van der Waals surface area contributed by atoms with E-state index in [4.69, 9.17) is 16.6 Å². The predicted octanol–water partition coefficient (Wildman–Crippen LogP) is 7.05. The van der Waals surface area contributed by atoms with Gasteiger partial charge in [-0.15, -0.1) is 0 Å². The first-order chi connectivity index (χ1) is 14.8. The molecule has 30 heavy (non-hydrogen) atoms. The minimum atomic E-state index is 0.465. The molecule has 6 aromatic rings. The van der Waals surface area contributed by atoms with Crippen molar-refractivity contribution in [1.29, 1.82) is 0 Å². The highest BCUT2D eigenvalue weighted by atomic mass is 35.5. The molecule has 0 spiro atoms. The number of fused-ring (bicyclic) bond motifs is 4. The van der Waals surface area contributed by atoms with E-state index in [1.54, 1.807) is 0 Å². The molecular weight excluding hydrogens is 390 g/mol. The van der Waals surface area contributed by atoms with Crippen molar-refractivity contribution >= 4 is 44.3 Å². The van der Waals surface area contributed by atoms with Gasteiger partial charge in [0.25, 0.3) is 0 Å². The van der Waals surface area contributed by atoms with Crippen molar-refractivity contribution < 1.29 is 0 Å². The Bertz CT molecular complexity index is 1500. The summed E-state index contributed by atoms with van der Waals surface area (Å²) < 4.78 is 2.28. The summed E-state index contributed by atoms with van der Waals surface area (Å²) in [5.41, 5.74) is 5.16. The lowest BCUT2D eigenvalue weighted by atomic mass is 10.2.